The second-order valence-electron chi connectivity index (χ2n) is 5.63. The van der Waals surface area contributed by atoms with Crippen LogP contribution in [0.3, 0.4) is 0 Å². The molecule has 0 aliphatic rings. The molecule has 0 saturated heterocycles. The number of thiophene rings is 1. The van der Waals surface area contributed by atoms with E-state index in [0.717, 1.165) is 35.5 Å². The van der Waals surface area contributed by atoms with Gasteiger partial charge in [0.15, 0.2) is 0 Å². The summed E-state index contributed by atoms with van der Waals surface area (Å²) in [5.41, 5.74) is 10.5. The average molecular weight is 290 g/mol. The molecule has 2 aromatic heterocycles. The van der Waals surface area contributed by atoms with Crippen molar-refractivity contribution in [1.82, 2.24) is 4.57 Å². The third-order valence-electron chi connectivity index (χ3n) is 3.77. The van der Waals surface area contributed by atoms with E-state index in [-0.39, 0.29) is 5.91 Å². The topological polar surface area (TPSA) is 48.0 Å². The molecule has 0 aromatic carbocycles. The molecule has 2 rings (SSSR count). The summed E-state index contributed by atoms with van der Waals surface area (Å²) in [6, 6.07) is 2.05. The number of hydrogen-bond acceptors (Lipinski definition) is 2. The summed E-state index contributed by atoms with van der Waals surface area (Å²) in [7, 11) is 0. The first-order valence-corrected chi connectivity index (χ1v) is 7.89. The van der Waals surface area contributed by atoms with Crippen molar-refractivity contribution in [2.45, 2.75) is 40.7 Å². The first-order valence-electron chi connectivity index (χ1n) is 6.95. The zero-order valence-corrected chi connectivity index (χ0v) is 13.4. The van der Waals surface area contributed by atoms with E-state index in [4.69, 9.17) is 5.73 Å². The summed E-state index contributed by atoms with van der Waals surface area (Å²) < 4.78 is 2.23. The van der Waals surface area contributed by atoms with Gasteiger partial charge in [-0.1, -0.05) is 13.8 Å². The van der Waals surface area contributed by atoms with Gasteiger partial charge in [0.2, 0.25) is 0 Å². The van der Waals surface area contributed by atoms with Crippen molar-refractivity contribution >= 4 is 17.2 Å². The van der Waals surface area contributed by atoms with Crippen LogP contribution in [-0.4, -0.2) is 10.5 Å². The largest absolute Gasteiger partial charge is 0.366 e. The van der Waals surface area contributed by atoms with Gasteiger partial charge < -0.3 is 10.3 Å². The highest BCUT2D eigenvalue weighted by Gasteiger charge is 2.22. The van der Waals surface area contributed by atoms with Crippen LogP contribution in [0.1, 0.15) is 42.0 Å². The van der Waals surface area contributed by atoms with Crippen molar-refractivity contribution < 1.29 is 4.79 Å². The molecular weight excluding hydrogens is 268 g/mol. The number of primary amides is 1. The number of amides is 1. The van der Waals surface area contributed by atoms with E-state index in [0.29, 0.717) is 11.5 Å². The van der Waals surface area contributed by atoms with E-state index in [1.807, 2.05) is 18.4 Å². The van der Waals surface area contributed by atoms with Gasteiger partial charge in [0.25, 0.3) is 5.91 Å². The predicted molar refractivity (Wildman–Crippen MR) is 85.2 cm³/mol. The smallest absolute Gasteiger partial charge is 0.251 e. The van der Waals surface area contributed by atoms with Crippen LogP contribution in [0, 0.1) is 19.8 Å². The zero-order valence-electron chi connectivity index (χ0n) is 12.6. The Kier molecular flexibility index (Phi) is 4.33. The van der Waals surface area contributed by atoms with E-state index in [1.165, 1.54) is 0 Å². The maximum Gasteiger partial charge on any atom is 0.251 e. The van der Waals surface area contributed by atoms with Crippen LogP contribution in [0.15, 0.2) is 16.8 Å². The SMILES string of the molecule is Cc1c(C(N)=O)c(-c2ccsc2)c(C)n1CCC(C)C. The number of carbonyl (C=O) groups is 1. The molecule has 0 fully saturated rings. The lowest BCUT2D eigenvalue weighted by Gasteiger charge is -2.11. The van der Waals surface area contributed by atoms with Crippen molar-refractivity contribution in [3.63, 3.8) is 0 Å². The van der Waals surface area contributed by atoms with Crippen LogP contribution in [0.25, 0.3) is 11.1 Å². The van der Waals surface area contributed by atoms with Gasteiger partial charge in [-0.05, 0) is 48.6 Å². The molecule has 0 bridgehead atoms. The number of carbonyl (C=O) groups excluding carboxylic acids is 1. The Bertz CT molecular complexity index is 609. The normalized spacial score (nSPS) is 11.2. The maximum atomic E-state index is 11.9. The summed E-state index contributed by atoms with van der Waals surface area (Å²) >= 11 is 1.64. The third kappa shape index (κ3) is 2.66. The number of nitrogens with zero attached hydrogens (tertiary/aromatic N) is 1. The molecule has 20 heavy (non-hydrogen) atoms. The average Bonchev–Trinajstić information content (AvgIpc) is 2.94. The van der Waals surface area contributed by atoms with Crippen molar-refractivity contribution in [3.8, 4) is 11.1 Å². The second kappa shape index (κ2) is 5.83. The third-order valence-corrected chi connectivity index (χ3v) is 4.45. The van der Waals surface area contributed by atoms with Crippen LogP contribution in [0.4, 0.5) is 0 Å². The van der Waals surface area contributed by atoms with Gasteiger partial charge in [0.1, 0.15) is 0 Å². The van der Waals surface area contributed by atoms with Crippen molar-refractivity contribution in [2.75, 3.05) is 0 Å². The Balaban J connectivity index is 2.56. The minimum atomic E-state index is -0.338. The lowest BCUT2D eigenvalue weighted by molar-refractivity contribution is 0.1000. The molecule has 0 aliphatic heterocycles. The Labute approximate surface area is 124 Å². The quantitative estimate of drug-likeness (QED) is 0.889. The van der Waals surface area contributed by atoms with E-state index in [2.05, 4.69) is 30.7 Å². The van der Waals surface area contributed by atoms with Crippen LogP contribution >= 0.6 is 11.3 Å². The van der Waals surface area contributed by atoms with Crippen molar-refractivity contribution in [3.05, 3.63) is 33.8 Å². The molecule has 0 aliphatic carbocycles. The molecule has 2 aromatic rings. The molecule has 2 N–H and O–H groups in total. The highest BCUT2D eigenvalue weighted by Crippen LogP contribution is 2.33. The van der Waals surface area contributed by atoms with Crippen LogP contribution in [0.5, 0.6) is 0 Å². The number of aromatic nitrogens is 1. The monoisotopic (exact) mass is 290 g/mol. The molecule has 1 amide bonds. The van der Waals surface area contributed by atoms with Gasteiger partial charge in [-0.2, -0.15) is 11.3 Å². The Morgan fingerprint density at radius 1 is 1.35 bits per heavy atom. The molecule has 2 heterocycles. The van der Waals surface area contributed by atoms with Gasteiger partial charge in [-0.15, -0.1) is 0 Å². The van der Waals surface area contributed by atoms with Gasteiger partial charge in [-0.25, -0.2) is 0 Å². The molecule has 0 atom stereocenters. The van der Waals surface area contributed by atoms with E-state index in [1.54, 1.807) is 11.3 Å². The molecule has 0 radical (unpaired) electrons. The van der Waals surface area contributed by atoms with E-state index >= 15 is 0 Å². The molecule has 3 nitrogen and oxygen atoms in total. The molecule has 4 heteroatoms. The van der Waals surface area contributed by atoms with Crippen LogP contribution < -0.4 is 5.73 Å². The minimum absolute atomic E-state index is 0.338. The van der Waals surface area contributed by atoms with Crippen molar-refractivity contribution in [2.24, 2.45) is 11.7 Å². The summed E-state index contributed by atoms with van der Waals surface area (Å²) in [5.74, 6) is 0.299. The zero-order chi connectivity index (χ0) is 14.9. The summed E-state index contributed by atoms with van der Waals surface area (Å²) in [4.78, 5) is 11.9. The summed E-state index contributed by atoms with van der Waals surface area (Å²) in [6.45, 7) is 9.42. The second-order valence-corrected chi connectivity index (χ2v) is 6.41. The van der Waals surface area contributed by atoms with Gasteiger partial charge in [0.05, 0.1) is 5.56 Å². The Morgan fingerprint density at radius 3 is 2.55 bits per heavy atom. The fourth-order valence-electron chi connectivity index (χ4n) is 2.67. The molecule has 0 spiro atoms. The molecule has 0 unspecified atom stereocenters. The first-order chi connectivity index (χ1) is 9.43. The van der Waals surface area contributed by atoms with Crippen molar-refractivity contribution in [1.29, 1.82) is 0 Å². The minimum Gasteiger partial charge on any atom is -0.366 e. The van der Waals surface area contributed by atoms with Crippen LogP contribution in [0.2, 0.25) is 0 Å². The molecule has 0 saturated carbocycles. The fourth-order valence-corrected chi connectivity index (χ4v) is 3.31. The highest BCUT2D eigenvalue weighted by molar-refractivity contribution is 7.08. The Morgan fingerprint density at radius 2 is 2.05 bits per heavy atom. The lowest BCUT2D eigenvalue weighted by atomic mass is 10.0. The molecular formula is C16H22N2OS. The van der Waals surface area contributed by atoms with Gasteiger partial charge in [-0.3, -0.25) is 4.79 Å². The van der Waals surface area contributed by atoms with Crippen LogP contribution in [-0.2, 0) is 6.54 Å². The Hall–Kier alpha value is -1.55. The number of rotatable bonds is 5. The number of hydrogen-bond donors (Lipinski definition) is 1. The van der Waals surface area contributed by atoms with Gasteiger partial charge in [0, 0.05) is 23.5 Å². The maximum absolute atomic E-state index is 11.9. The fraction of sp³-hybridized carbons (Fsp3) is 0.438. The van der Waals surface area contributed by atoms with E-state index in [9.17, 15) is 4.79 Å². The standard InChI is InChI=1S/C16H22N2OS/c1-10(2)5-7-18-11(3)14(13-6-8-20-9-13)15(12(18)4)16(17)19/h6,8-10H,5,7H2,1-4H3,(H2,17,19). The number of nitrogens with two attached hydrogens (primary N) is 1. The summed E-state index contributed by atoms with van der Waals surface area (Å²) in [5, 5.41) is 4.10. The highest BCUT2D eigenvalue weighted by atomic mass is 32.1. The molecule has 108 valence electrons. The van der Waals surface area contributed by atoms with Gasteiger partial charge >= 0.3 is 0 Å². The predicted octanol–water partition coefficient (Wildman–Crippen LogP) is 3.98. The lowest BCUT2D eigenvalue weighted by Crippen LogP contribution is -2.13. The first kappa shape index (κ1) is 14.9. The van der Waals surface area contributed by atoms with E-state index < -0.39 is 0 Å². The summed E-state index contributed by atoms with van der Waals surface area (Å²) in [6.07, 6.45) is 1.09.